The number of carbonyl (C=O) groups is 2. The third-order valence-corrected chi connectivity index (χ3v) is 4.58. The van der Waals surface area contributed by atoms with Crippen molar-refractivity contribution in [1.29, 1.82) is 0 Å². The highest BCUT2D eigenvalue weighted by Gasteiger charge is 2.26. The predicted molar refractivity (Wildman–Crippen MR) is 89.4 cm³/mol. The van der Waals surface area contributed by atoms with Gasteiger partial charge in [-0.25, -0.2) is 0 Å². The molecule has 1 aromatic heterocycles. The monoisotopic (exact) mass is 330 g/mol. The van der Waals surface area contributed by atoms with Gasteiger partial charge in [0.15, 0.2) is 0 Å². The Labute approximate surface area is 138 Å². The summed E-state index contributed by atoms with van der Waals surface area (Å²) >= 11 is 1.51. The van der Waals surface area contributed by atoms with Crippen molar-refractivity contribution in [1.82, 2.24) is 15.1 Å². The third-order valence-electron chi connectivity index (χ3n) is 3.54. The number of amides is 2. The zero-order valence-electron chi connectivity index (χ0n) is 12.8. The minimum Gasteiger partial charge on any atom is -0.350 e. The molecule has 1 aliphatic rings. The lowest BCUT2D eigenvalue weighted by Crippen LogP contribution is -2.46. The highest BCUT2D eigenvalue weighted by molar-refractivity contribution is 8.00. The van der Waals surface area contributed by atoms with Crippen LogP contribution in [0.4, 0.5) is 5.69 Å². The molecule has 1 aromatic carbocycles. The summed E-state index contributed by atoms with van der Waals surface area (Å²) in [5, 5.41) is 7.04. The molecule has 1 aliphatic heterocycles. The topological polar surface area (TPSA) is 67.2 Å². The maximum atomic E-state index is 12.3. The van der Waals surface area contributed by atoms with Gasteiger partial charge in [0.25, 0.3) is 0 Å². The zero-order chi connectivity index (χ0) is 16.2. The van der Waals surface area contributed by atoms with Crippen molar-refractivity contribution in [2.45, 2.75) is 24.4 Å². The normalized spacial score (nSPS) is 15.2. The van der Waals surface area contributed by atoms with Crippen LogP contribution in [-0.4, -0.2) is 39.9 Å². The fourth-order valence-electron chi connectivity index (χ4n) is 2.53. The van der Waals surface area contributed by atoms with Crippen molar-refractivity contribution in [2.24, 2.45) is 0 Å². The average molecular weight is 330 g/mol. The minimum absolute atomic E-state index is 0.0384. The summed E-state index contributed by atoms with van der Waals surface area (Å²) in [6, 6.07) is 9.44. The molecule has 6 nitrogen and oxygen atoms in total. The second kappa shape index (κ2) is 6.87. The Hall–Kier alpha value is -2.28. The first-order valence-electron chi connectivity index (χ1n) is 7.42. The minimum atomic E-state index is -0.167. The maximum absolute atomic E-state index is 12.3. The van der Waals surface area contributed by atoms with Gasteiger partial charge in [0.05, 0.1) is 18.0 Å². The van der Waals surface area contributed by atoms with Crippen LogP contribution in [0.2, 0.25) is 0 Å². The molecule has 0 spiro atoms. The molecule has 1 N–H and O–H groups in total. The Kier molecular flexibility index (Phi) is 4.66. The lowest BCUT2D eigenvalue weighted by molar-refractivity contribution is -0.123. The van der Waals surface area contributed by atoms with Gasteiger partial charge in [0.1, 0.15) is 6.54 Å². The number of nitrogens with one attached hydrogen (secondary N) is 1. The molecule has 3 rings (SSSR count). The molecule has 0 aliphatic carbocycles. The van der Waals surface area contributed by atoms with Gasteiger partial charge < -0.3 is 10.2 Å². The molecule has 120 valence electrons. The molecule has 7 heteroatoms. The first kappa shape index (κ1) is 15.6. The Morgan fingerprint density at radius 2 is 2.22 bits per heavy atom. The summed E-state index contributed by atoms with van der Waals surface area (Å²) < 4.78 is 1.77. The summed E-state index contributed by atoms with van der Waals surface area (Å²) in [5.74, 6) is 0.163. The van der Waals surface area contributed by atoms with Crippen molar-refractivity contribution in [3.63, 3.8) is 0 Å². The van der Waals surface area contributed by atoms with E-state index in [1.54, 1.807) is 15.8 Å². The van der Waals surface area contributed by atoms with Gasteiger partial charge in [-0.05, 0) is 25.1 Å². The molecule has 0 radical (unpaired) electrons. The molecule has 2 amide bonds. The van der Waals surface area contributed by atoms with Crippen LogP contribution in [0.15, 0.2) is 47.6 Å². The number of hydrogen-bond acceptors (Lipinski definition) is 4. The zero-order valence-corrected chi connectivity index (χ0v) is 13.6. The van der Waals surface area contributed by atoms with Crippen LogP contribution in [0.1, 0.15) is 6.92 Å². The number of para-hydroxylation sites is 1. The van der Waals surface area contributed by atoms with Crippen LogP contribution in [0, 0.1) is 0 Å². The van der Waals surface area contributed by atoms with Gasteiger partial charge in [-0.15, -0.1) is 11.8 Å². The van der Waals surface area contributed by atoms with Gasteiger partial charge in [-0.1, -0.05) is 12.1 Å². The summed E-state index contributed by atoms with van der Waals surface area (Å²) in [5.41, 5.74) is 0.809. The number of thioether (sulfide) groups is 1. The SMILES string of the molecule is C[C@@H](Cn1cccn1)NC(=O)CN1C(=O)CSc2ccccc21. The number of anilines is 1. The second-order valence-electron chi connectivity index (χ2n) is 5.43. The van der Waals surface area contributed by atoms with E-state index in [0.29, 0.717) is 12.3 Å². The largest absolute Gasteiger partial charge is 0.350 e. The first-order valence-corrected chi connectivity index (χ1v) is 8.41. The van der Waals surface area contributed by atoms with Crippen LogP contribution in [0.3, 0.4) is 0 Å². The van der Waals surface area contributed by atoms with E-state index in [-0.39, 0.29) is 24.4 Å². The van der Waals surface area contributed by atoms with E-state index in [1.165, 1.54) is 11.8 Å². The van der Waals surface area contributed by atoms with E-state index in [1.807, 2.05) is 43.5 Å². The molecule has 0 unspecified atom stereocenters. The van der Waals surface area contributed by atoms with Gasteiger partial charge in [0, 0.05) is 23.3 Å². The fraction of sp³-hybridized carbons (Fsp3) is 0.312. The smallest absolute Gasteiger partial charge is 0.240 e. The lowest BCUT2D eigenvalue weighted by Gasteiger charge is -2.28. The van der Waals surface area contributed by atoms with Crippen molar-refractivity contribution in [2.75, 3.05) is 17.2 Å². The Balaban J connectivity index is 1.62. The summed E-state index contributed by atoms with van der Waals surface area (Å²) in [6.45, 7) is 2.56. The molecule has 2 aromatic rings. The van der Waals surface area contributed by atoms with E-state index < -0.39 is 0 Å². The summed E-state index contributed by atoms with van der Waals surface area (Å²) in [6.07, 6.45) is 3.56. The van der Waals surface area contributed by atoms with E-state index >= 15 is 0 Å². The van der Waals surface area contributed by atoms with Gasteiger partial charge in [0.2, 0.25) is 11.8 Å². The fourth-order valence-corrected chi connectivity index (χ4v) is 3.46. The van der Waals surface area contributed by atoms with E-state index in [4.69, 9.17) is 0 Å². The molecular weight excluding hydrogens is 312 g/mol. The predicted octanol–water partition coefficient (Wildman–Crippen LogP) is 1.53. The van der Waals surface area contributed by atoms with E-state index in [2.05, 4.69) is 10.4 Å². The molecule has 1 atom stereocenters. The number of nitrogens with zero attached hydrogens (tertiary/aromatic N) is 3. The molecule has 2 heterocycles. The number of aromatic nitrogens is 2. The maximum Gasteiger partial charge on any atom is 0.240 e. The van der Waals surface area contributed by atoms with Gasteiger partial charge in [-0.3, -0.25) is 14.3 Å². The third kappa shape index (κ3) is 3.73. The highest BCUT2D eigenvalue weighted by atomic mass is 32.2. The second-order valence-corrected chi connectivity index (χ2v) is 6.45. The number of carbonyl (C=O) groups excluding carboxylic acids is 2. The van der Waals surface area contributed by atoms with E-state index in [9.17, 15) is 9.59 Å². The van der Waals surface area contributed by atoms with Gasteiger partial charge >= 0.3 is 0 Å². The molecular formula is C16H18N4O2S. The van der Waals surface area contributed by atoms with Crippen LogP contribution in [0.5, 0.6) is 0 Å². The molecule has 0 fully saturated rings. The molecule has 0 bridgehead atoms. The van der Waals surface area contributed by atoms with Crippen LogP contribution >= 0.6 is 11.8 Å². The Bertz CT molecular complexity index is 702. The summed E-state index contributed by atoms with van der Waals surface area (Å²) in [4.78, 5) is 27.0. The van der Waals surface area contributed by atoms with Crippen LogP contribution in [-0.2, 0) is 16.1 Å². The van der Waals surface area contributed by atoms with Crippen molar-refractivity contribution in [3.05, 3.63) is 42.7 Å². The standard InChI is InChI=1S/C16H18N4O2S/c1-12(9-19-8-4-7-17-19)18-15(21)10-20-13-5-2-3-6-14(13)23-11-16(20)22/h2-8,12H,9-11H2,1H3,(H,18,21)/t12-/m0/s1. The van der Waals surface area contributed by atoms with Crippen molar-refractivity contribution < 1.29 is 9.59 Å². The first-order chi connectivity index (χ1) is 11.1. The van der Waals surface area contributed by atoms with Crippen molar-refractivity contribution in [3.8, 4) is 0 Å². The van der Waals surface area contributed by atoms with Crippen LogP contribution in [0.25, 0.3) is 0 Å². The molecule has 0 saturated carbocycles. The number of benzene rings is 1. The van der Waals surface area contributed by atoms with E-state index in [0.717, 1.165) is 10.6 Å². The number of rotatable bonds is 5. The van der Waals surface area contributed by atoms with Crippen LogP contribution < -0.4 is 10.2 Å². The average Bonchev–Trinajstić information content (AvgIpc) is 3.03. The van der Waals surface area contributed by atoms with Crippen molar-refractivity contribution >= 4 is 29.3 Å². The number of hydrogen-bond donors (Lipinski definition) is 1. The quantitative estimate of drug-likeness (QED) is 0.903. The summed E-state index contributed by atoms with van der Waals surface area (Å²) in [7, 11) is 0. The highest BCUT2D eigenvalue weighted by Crippen LogP contribution is 2.34. The molecule has 23 heavy (non-hydrogen) atoms. The Morgan fingerprint density at radius 3 is 3.00 bits per heavy atom. The number of fused-ring (bicyclic) bond motifs is 1. The Morgan fingerprint density at radius 1 is 1.39 bits per heavy atom. The lowest BCUT2D eigenvalue weighted by atomic mass is 10.2. The molecule has 0 saturated heterocycles. The van der Waals surface area contributed by atoms with Gasteiger partial charge in [-0.2, -0.15) is 5.10 Å².